The number of aromatic nitrogens is 2. The number of nitrogens with zero attached hydrogens (tertiary/aromatic N) is 3. The standard InChI is InChI=1S/C16H16N4O5/c1-8-4-10-12(5-11(8)20(23)24)25-15-14(10)17-13(18-16(15)22)7-19-3-2-9(21)6-19/h4-5,9,21H,2-3,6-7H2,1H3,(H-,17,18,22,23,24)/p+1/t9-/m0/s1. The van der Waals surface area contributed by atoms with Gasteiger partial charge in [0.1, 0.15) is 16.9 Å². The summed E-state index contributed by atoms with van der Waals surface area (Å²) in [5.41, 5.74) is 0.981. The number of aliphatic hydroxyl groups is 1. The predicted octanol–water partition coefficient (Wildman–Crippen LogP) is 1.34. The first-order valence-corrected chi connectivity index (χ1v) is 7.95. The maximum atomic E-state index is 12.3. The summed E-state index contributed by atoms with van der Waals surface area (Å²) in [4.78, 5) is 32.5. The van der Waals surface area contributed by atoms with E-state index in [1.54, 1.807) is 13.0 Å². The van der Waals surface area contributed by atoms with E-state index in [-0.39, 0.29) is 22.3 Å². The van der Waals surface area contributed by atoms with E-state index < -0.39 is 5.56 Å². The molecule has 2 aromatic heterocycles. The number of furan rings is 1. The molecule has 1 aliphatic rings. The van der Waals surface area contributed by atoms with Gasteiger partial charge < -0.3 is 14.5 Å². The fourth-order valence-electron chi connectivity index (χ4n) is 3.29. The van der Waals surface area contributed by atoms with Gasteiger partial charge in [0.2, 0.25) is 5.58 Å². The van der Waals surface area contributed by atoms with Crippen LogP contribution in [0.2, 0.25) is 0 Å². The van der Waals surface area contributed by atoms with E-state index in [4.69, 9.17) is 9.62 Å². The van der Waals surface area contributed by atoms with Crippen molar-refractivity contribution in [1.29, 1.82) is 0 Å². The topological polar surface area (TPSA) is 123 Å². The van der Waals surface area contributed by atoms with Crippen molar-refractivity contribution in [1.82, 2.24) is 14.9 Å². The second-order valence-corrected chi connectivity index (χ2v) is 6.38. The van der Waals surface area contributed by atoms with Crippen molar-refractivity contribution < 1.29 is 19.7 Å². The van der Waals surface area contributed by atoms with Crippen LogP contribution in [0.25, 0.3) is 22.1 Å². The molecule has 1 saturated heterocycles. The molecule has 0 saturated carbocycles. The zero-order valence-electron chi connectivity index (χ0n) is 13.5. The van der Waals surface area contributed by atoms with Gasteiger partial charge in [-0.15, -0.1) is 0 Å². The summed E-state index contributed by atoms with van der Waals surface area (Å²) in [7, 11) is 0. The average molecular weight is 345 g/mol. The Labute approximate surface area is 141 Å². The van der Waals surface area contributed by atoms with Crippen molar-refractivity contribution in [2.45, 2.75) is 26.0 Å². The van der Waals surface area contributed by atoms with Crippen LogP contribution in [0.3, 0.4) is 0 Å². The van der Waals surface area contributed by atoms with Gasteiger partial charge in [0.05, 0.1) is 23.6 Å². The summed E-state index contributed by atoms with van der Waals surface area (Å²) in [5.74, 6) is 0.489. The Bertz CT molecular complexity index is 1050. The molecule has 0 amide bonds. The SMILES string of the molecule is Cc1cc2c(cc1[N+](=O)O)oc1c(=O)[nH]c(CN3CC[C@H](O)C3)nc12. The fourth-order valence-corrected chi connectivity index (χ4v) is 3.29. The summed E-state index contributed by atoms with van der Waals surface area (Å²) in [5, 5.41) is 19.4. The Hall–Kier alpha value is -2.78. The van der Waals surface area contributed by atoms with Gasteiger partial charge in [-0.1, -0.05) is 0 Å². The molecule has 1 atom stereocenters. The summed E-state index contributed by atoms with van der Waals surface area (Å²) < 4.78 is 5.53. The van der Waals surface area contributed by atoms with Crippen LogP contribution in [0, 0.1) is 11.8 Å². The van der Waals surface area contributed by atoms with Crippen LogP contribution in [-0.2, 0) is 6.54 Å². The Kier molecular flexibility index (Phi) is 3.55. The molecule has 0 radical (unpaired) electrons. The first kappa shape index (κ1) is 15.7. The van der Waals surface area contributed by atoms with Gasteiger partial charge in [0, 0.05) is 24.0 Å². The maximum Gasteiger partial charge on any atom is 0.323 e. The second kappa shape index (κ2) is 5.64. The first-order valence-electron chi connectivity index (χ1n) is 7.95. The van der Waals surface area contributed by atoms with Gasteiger partial charge in [-0.05, 0) is 19.4 Å². The summed E-state index contributed by atoms with van der Waals surface area (Å²) in [6.07, 6.45) is 0.357. The fraction of sp³-hybridized carbons (Fsp3) is 0.375. The minimum Gasteiger partial charge on any atom is -0.448 e. The monoisotopic (exact) mass is 345 g/mol. The zero-order chi connectivity index (χ0) is 17.7. The highest BCUT2D eigenvalue weighted by molar-refractivity contribution is 6.03. The lowest BCUT2D eigenvalue weighted by molar-refractivity contribution is -0.730. The largest absolute Gasteiger partial charge is 0.448 e. The molecule has 9 heteroatoms. The molecule has 1 aliphatic heterocycles. The van der Waals surface area contributed by atoms with E-state index in [2.05, 4.69) is 9.97 Å². The number of benzene rings is 1. The zero-order valence-corrected chi connectivity index (χ0v) is 13.5. The minimum absolute atomic E-state index is 0.0502. The molecule has 4 rings (SSSR count). The van der Waals surface area contributed by atoms with Crippen LogP contribution in [-0.4, -0.2) is 49.3 Å². The second-order valence-electron chi connectivity index (χ2n) is 6.38. The van der Waals surface area contributed by atoms with Crippen LogP contribution in [0.15, 0.2) is 21.3 Å². The van der Waals surface area contributed by atoms with Gasteiger partial charge in [-0.2, -0.15) is 0 Å². The van der Waals surface area contributed by atoms with Crippen molar-refractivity contribution in [3.8, 4) is 0 Å². The Morgan fingerprint density at radius 2 is 2.28 bits per heavy atom. The number of H-pyrrole nitrogens is 1. The third-order valence-electron chi connectivity index (χ3n) is 4.52. The average Bonchev–Trinajstić information content (AvgIpc) is 3.10. The Balaban J connectivity index is 1.84. The lowest BCUT2D eigenvalue weighted by Crippen LogP contribution is -2.24. The number of nitrogens with one attached hydrogen (secondary N) is 1. The van der Waals surface area contributed by atoms with Crippen LogP contribution in [0.4, 0.5) is 5.69 Å². The van der Waals surface area contributed by atoms with E-state index >= 15 is 0 Å². The van der Waals surface area contributed by atoms with Crippen LogP contribution >= 0.6 is 0 Å². The molecule has 1 fully saturated rings. The number of β-amino-alcohol motifs (C(OH)–C–C–N with tert-alkyl or cyclic N) is 1. The molecule has 25 heavy (non-hydrogen) atoms. The van der Waals surface area contributed by atoms with E-state index in [0.29, 0.717) is 47.4 Å². The lowest BCUT2D eigenvalue weighted by Gasteiger charge is -2.13. The molecule has 0 aliphatic carbocycles. The van der Waals surface area contributed by atoms with Crippen LogP contribution < -0.4 is 5.56 Å². The van der Waals surface area contributed by atoms with Crippen molar-refractivity contribution in [3.63, 3.8) is 0 Å². The molecule has 0 spiro atoms. The van der Waals surface area contributed by atoms with Crippen LogP contribution in [0.5, 0.6) is 0 Å². The third-order valence-corrected chi connectivity index (χ3v) is 4.52. The van der Waals surface area contributed by atoms with Crippen molar-refractivity contribution in [3.05, 3.63) is 38.8 Å². The highest BCUT2D eigenvalue weighted by Crippen LogP contribution is 2.31. The van der Waals surface area contributed by atoms with Crippen LogP contribution in [0.1, 0.15) is 17.8 Å². The highest BCUT2D eigenvalue weighted by atomic mass is 16.6. The smallest absolute Gasteiger partial charge is 0.323 e. The number of hydrogen-bond acceptors (Lipinski definition) is 6. The molecular weight excluding hydrogens is 328 g/mol. The molecule has 130 valence electrons. The van der Waals surface area contributed by atoms with Gasteiger partial charge in [0.15, 0.2) is 0 Å². The number of rotatable bonds is 3. The van der Waals surface area contributed by atoms with Crippen molar-refractivity contribution in [2.75, 3.05) is 13.1 Å². The Morgan fingerprint density at radius 1 is 1.48 bits per heavy atom. The van der Waals surface area contributed by atoms with Gasteiger partial charge in [-0.25, -0.2) is 10.2 Å². The lowest BCUT2D eigenvalue weighted by atomic mass is 10.1. The summed E-state index contributed by atoms with van der Waals surface area (Å²) in [6.45, 7) is 3.39. The molecular formula is C16H17N4O5+. The van der Waals surface area contributed by atoms with Gasteiger partial charge >= 0.3 is 5.69 Å². The number of aliphatic hydroxyl groups excluding tert-OH is 1. The number of hydrogen-bond donors (Lipinski definition) is 3. The third kappa shape index (κ3) is 2.67. The van der Waals surface area contributed by atoms with Gasteiger partial charge in [-0.3, -0.25) is 9.69 Å². The van der Waals surface area contributed by atoms with Gasteiger partial charge in [0.25, 0.3) is 10.5 Å². The predicted molar refractivity (Wildman–Crippen MR) is 87.8 cm³/mol. The highest BCUT2D eigenvalue weighted by Gasteiger charge is 2.24. The minimum atomic E-state index is -0.405. The molecule has 0 bridgehead atoms. The quantitative estimate of drug-likeness (QED) is 0.612. The van der Waals surface area contributed by atoms with E-state index in [1.807, 2.05) is 4.90 Å². The number of fused-ring (bicyclic) bond motifs is 3. The van der Waals surface area contributed by atoms with Crippen molar-refractivity contribution >= 4 is 27.8 Å². The number of likely N-dealkylation sites (tertiary alicyclic amines) is 1. The summed E-state index contributed by atoms with van der Waals surface area (Å²) >= 11 is 0. The number of aryl methyl sites for hydroxylation is 1. The molecule has 3 aromatic rings. The normalized spacial score (nSPS) is 18.4. The van der Waals surface area contributed by atoms with Crippen molar-refractivity contribution in [2.24, 2.45) is 0 Å². The summed E-state index contributed by atoms with van der Waals surface area (Å²) in [6, 6.07) is 3.04. The maximum absolute atomic E-state index is 12.3. The first-order chi connectivity index (χ1) is 11.9. The van der Waals surface area contributed by atoms with E-state index in [0.717, 1.165) is 6.54 Å². The van der Waals surface area contributed by atoms with E-state index in [9.17, 15) is 14.8 Å². The molecule has 3 N–H and O–H groups in total. The number of aromatic amines is 1. The molecule has 0 unspecified atom stereocenters. The Morgan fingerprint density at radius 3 is 2.96 bits per heavy atom. The molecule has 9 nitrogen and oxygen atoms in total. The molecule has 1 aromatic carbocycles. The molecule has 3 heterocycles. The van der Waals surface area contributed by atoms with E-state index in [1.165, 1.54) is 6.07 Å².